The van der Waals surface area contributed by atoms with E-state index in [2.05, 4.69) is 9.97 Å². The monoisotopic (exact) mass is 348 g/mol. The van der Waals surface area contributed by atoms with Crippen molar-refractivity contribution in [3.63, 3.8) is 0 Å². The lowest BCUT2D eigenvalue weighted by Gasteiger charge is -2.47. The smallest absolute Gasteiger partial charge is 0.224 e. The lowest BCUT2D eigenvalue weighted by atomic mass is 9.83. The number of nitrogens with one attached hydrogen (secondary N) is 1. The topological polar surface area (TPSA) is 78.5 Å². The zero-order valence-electron chi connectivity index (χ0n) is 14.9. The minimum absolute atomic E-state index is 0.174. The standard InChI is InChI=1S/C18H28N4O3/c1-2-25-10-7-17(23)21-8-6-16-14(12-21)3-4-18(24)22(16)9-5-15-11-19-13-20-15/h11,13-14,16H,2-10,12H2,1H3,(H,19,20). The molecular weight excluding hydrogens is 320 g/mol. The Kier molecular flexibility index (Phi) is 6.07. The van der Waals surface area contributed by atoms with Crippen molar-refractivity contribution in [1.82, 2.24) is 19.8 Å². The van der Waals surface area contributed by atoms with Crippen molar-refractivity contribution < 1.29 is 14.3 Å². The summed E-state index contributed by atoms with van der Waals surface area (Å²) in [5.74, 6) is 0.814. The van der Waals surface area contributed by atoms with Gasteiger partial charge in [-0.1, -0.05) is 0 Å². The summed E-state index contributed by atoms with van der Waals surface area (Å²) in [6.07, 6.45) is 7.08. The molecule has 1 aromatic rings. The lowest BCUT2D eigenvalue weighted by molar-refractivity contribution is -0.144. The molecule has 0 radical (unpaired) electrons. The third kappa shape index (κ3) is 4.39. The van der Waals surface area contributed by atoms with E-state index in [1.54, 1.807) is 6.33 Å². The van der Waals surface area contributed by atoms with Crippen LogP contribution >= 0.6 is 0 Å². The first-order valence-corrected chi connectivity index (χ1v) is 9.31. The molecule has 1 aromatic heterocycles. The third-order valence-electron chi connectivity index (χ3n) is 5.34. The van der Waals surface area contributed by atoms with Gasteiger partial charge in [-0.15, -0.1) is 0 Å². The van der Waals surface area contributed by atoms with E-state index < -0.39 is 0 Å². The first-order chi connectivity index (χ1) is 12.2. The maximum atomic E-state index is 12.4. The van der Waals surface area contributed by atoms with Gasteiger partial charge in [-0.3, -0.25) is 9.59 Å². The van der Waals surface area contributed by atoms with Crippen LogP contribution in [-0.2, 0) is 20.7 Å². The normalized spacial score (nSPS) is 23.6. The highest BCUT2D eigenvalue weighted by Crippen LogP contribution is 2.31. The lowest BCUT2D eigenvalue weighted by Crippen LogP contribution is -2.57. The van der Waals surface area contributed by atoms with Gasteiger partial charge in [-0.05, 0) is 25.7 Å². The van der Waals surface area contributed by atoms with Crippen LogP contribution in [0.3, 0.4) is 0 Å². The Hall–Kier alpha value is -1.89. The molecule has 2 saturated heterocycles. The summed E-state index contributed by atoms with van der Waals surface area (Å²) in [7, 11) is 0. The summed E-state index contributed by atoms with van der Waals surface area (Å²) in [5.41, 5.74) is 1.05. The Labute approximate surface area is 148 Å². The largest absolute Gasteiger partial charge is 0.381 e. The molecule has 1 N–H and O–H groups in total. The van der Waals surface area contributed by atoms with Crippen molar-refractivity contribution in [2.24, 2.45) is 5.92 Å². The minimum Gasteiger partial charge on any atom is -0.381 e. The van der Waals surface area contributed by atoms with Crippen molar-refractivity contribution in [1.29, 1.82) is 0 Å². The van der Waals surface area contributed by atoms with Gasteiger partial charge in [0, 0.05) is 57.0 Å². The number of carbonyl (C=O) groups excluding carboxylic acids is 2. The van der Waals surface area contributed by atoms with Crippen LogP contribution in [0, 0.1) is 5.92 Å². The first-order valence-electron chi connectivity index (χ1n) is 9.31. The predicted octanol–water partition coefficient (Wildman–Crippen LogP) is 1.22. The van der Waals surface area contributed by atoms with E-state index in [4.69, 9.17) is 4.74 Å². The molecule has 2 fully saturated rings. The summed E-state index contributed by atoms with van der Waals surface area (Å²) in [6, 6.07) is 0.264. The predicted molar refractivity (Wildman–Crippen MR) is 92.8 cm³/mol. The van der Waals surface area contributed by atoms with Gasteiger partial charge in [-0.25, -0.2) is 4.98 Å². The van der Waals surface area contributed by atoms with E-state index in [1.165, 1.54) is 0 Å². The van der Waals surface area contributed by atoms with Gasteiger partial charge < -0.3 is 19.5 Å². The molecule has 0 saturated carbocycles. The van der Waals surface area contributed by atoms with Crippen LogP contribution in [0.25, 0.3) is 0 Å². The maximum absolute atomic E-state index is 12.4. The number of aromatic amines is 1. The molecule has 0 spiro atoms. The van der Waals surface area contributed by atoms with E-state index >= 15 is 0 Å². The molecule has 0 aromatic carbocycles. The van der Waals surface area contributed by atoms with Crippen LogP contribution in [-0.4, -0.2) is 70.5 Å². The average molecular weight is 348 g/mol. The molecule has 2 aliphatic heterocycles. The second kappa shape index (κ2) is 8.47. The second-order valence-electron chi connectivity index (χ2n) is 6.86. The number of imidazole rings is 1. The van der Waals surface area contributed by atoms with Gasteiger partial charge in [0.05, 0.1) is 19.4 Å². The Balaban J connectivity index is 1.54. The van der Waals surface area contributed by atoms with E-state index in [1.807, 2.05) is 22.9 Å². The molecule has 2 aliphatic rings. The van der Waals surface area contributed by atoms with Crippen molar-refractivity contribution in [2.45, 2.75) is 45.1 Å². The van der Waals surface area contributed by atoms with Crippen LogP contribution in [0.15, 0.2) is 12.5 Å². The zero-order valence-corrected chi connectivity index (χ0v) is 14.9. The molecular formula is C18H28N4O3. The van der Waals surface area contributed by atoms with Crippen molar-refractivity contribution in [2.75, 3.05) is 32.8 Å². The average Bonchev–Trinajstić information content (AvgIpc) is 3.14. The number of hydrogen-bond donors (Lipinski definition) is 1. The molecule has 3 heterocycles. The van der Waals surface area contributed by atoms with Crippen LogP contribution in [0.4, 0.5) is 0 Å². The third-order valence-corrected chi connectivity index (χ3v) is 5.34. The Morgan fingerprint density at radius 2 is 2.32 bits per heavy atom. The van der Waals surface area contributed by atoms with Gasteiger partial charge in [0.25, 0.3) is 0 Å². The molecule has 0 aliphatic carbocycles. The van der Waals surface area contributed by atoms with Crippen LogP contribution in [0.5, 0.6) is 0 Å². The summed E-state index contributed by atoms with van der Waals surface area (Å²) in [6.45, 7) is 5.30. The molecule has 2 unspecified atom stereocenters. The number of ether oxygens (including phenoxy) is 1. The quantitative estimate of drug-likeness (QED) is 0.752. The number of piperidine rings is 2. The summed E-state index contributed by atoms with van der Waals surface area (Å²) in [5, 5.41) is 0. The van der Waals surface area contributed by atoms with Gasteiger partial charge in [0.2, 0.25) is 11.8 Å². The van der Waals surface area contributed by atoms with Crippen molar-refractivity contribution in [3.05, 3.63) is 18.2 Å². The number of fused-ring (bicyclic) bond motifs is 1. The van der Waals surface area contributed by atoms with Crippen molar-refractivity contribution in [3.8, 4) is 0 Å². The molecule has 2 atom stereocenters. The number of H-pyrrole nitrogens is 1. The zero-order chi connectivity index (χ0) is 17.6. The minimum atomic E-state index is 0.174. The molecule has 7 nitrogen and oxygen atoms in total. The number of aromatic nitrogens is 2. The number of hydrogen-bond acceptors (Lipinski definition) is 4. The van der Waals surface area contributed by atoms with Gasteiger partial charge >= 0.3 is 0 Å². The highest BCUT2D eigenvalue weighted by atomic mass is 16.5. The molecule has 3 rings (SSSR count). The number of carbonyl (C=O) groups is 2. The molecule has 2 amide bonds. The van der Waals surface area contributed by atoms with Crippen LogP contribution < -0.4 is 0 Å². The number of rotatable bonds is 7. The fraction of sp³-hybridized carbons (Fsp3) is 0.722. The van der Waals surface area contributed by atoms with E-state index in [-0.39, 0.29) is 17.9 Å². The van der Waals surface area contributed by atoms with E-state index in [0.29, 0.717) is 32.0 Å². The Morgan fingerprint density at radius 3 is 3.08 bits per heavy atom. The highest BCUT2D eigenvalue weighted by molar-refractivity contribution is 5.78. The molecule has 0 bridgehead atoms. The number of nitrogens with zero attached hydrogens (tertiary/aromatic N) is 3. The number of likely N-dealkylation sites (tertiary alicyclic amines) is 2. The van der Waals surface area contributed by atoms with Gasteiger partial charge in [-0.2, -0.15) is 0 Å². The highest BCUT2D eigenvalue weighted by Gasteiger charge is 2.39. The molecule has 7 heteroatoms. The fourth-order valence-electron chi connectivity index (χ4n) is 3.99. The first kappa shape index (κ1) is 17.9. The van der Waals surface area contributed by atoms with Crippen LogP contribution in [0.1, 0.15) is 38.3 Å². The Morgan fingerprint density at radius 1 is 1.44 bits per heavy atom. The maximum Gasteiger partial charge on any atom is 0.224 e. The summed E-state index contributed by atoms with van der Waals surface area (Å²) in [4.78, 5) is 35.9. The second-order valence-corrected chi connectivity index (χ2v) is 6.86. The Bertz CT molecular complexity index is 575. The van der Waals surface area contributed by atoms with Crippen molar-refractivity contribution >= 4 is 11.8 Å². The van der Waals surface area contributed by atoms with Gasteiger partial charge in [0.15, 0.2) is 0 Å². The van der Waals surface area contributed by atoms with Gasteiger partial charge in [0.1, 0.15) is 0 Å². The SMILES string of the molecule is CCOCCC(=O)N1CCC2C(CCC(=O)N2CCc2cnc[nH]2)C1. The summed E-state index contributed by atoms with van der Waals surface area (Å²) < 4.78 is 5.29. The molecule has 138 valence electrons. The number of amides is 2. The van der Waals surface area contributed by atoms with Crippen LogP contribution in [0.2, 0.25) is 0 Å². The fourth-order valence-corrected chi connectivity index (χ4v) is 3.99. The van der Waals surface area contributed by atoms with E-state index in [0.717, 1.165) is 44.6 Å². The van der Waals surface area contributed by atoms with E-state index in [9.17, 15) is 9.59 Å². The molecule has 25 heavy (non-hydrogen) atoms. The summed E-state index contributed by atoms with van der Waals surface area (Å²) >= 11 is 0.